The minimum absolute atomic E-state index is 0.107. The summed E-state index contributed by atoms with van der Waals surface area (Å²) in [5.74, 6) is 0.244. The Morgan fingerprint density at radius 2 is 0.520 bits per heavy atom. The van der Waals surface area contributed by atoms with Gasteiger partial charge in [-0.1, -0.05) is 357 Å². The van der Waals surface area contributed by atoms with E-state index in [4.69, 9.17) is 37.0 Å². The maximum Gasteiger partial charge on any atom is 0.472 e. The number of hydrogen-bond acceptors (Lipinski definition) is 15. The Labute approximate surface area is 600 Å². The van der Waals surface area contributed by atoms with Crippen LogP contribution in [0.3, 0.4) is 0 Å². The number of carbonyl (C=O) groups is 4. The van der Waals surface area contributed by atoms with Gasteiger partial charge in [-0.25, -0.2) is 9.13 Å². The molecule has 0 fully saturated rings. The van der Waals surface area contributed by atoms with Crippen LogP contribution in [0.4, 0.5) is 0 Å². The van der Waals surface area contributed by atoms with Crippen molar-refractivity contribution >= 4 is 39.5 Å². The van der Waals surface area contributed by atoms with Crippen molar-refractivity contribution < 1.29 is 80.2 Å². The van der Waals surface area contributed by atoms with Crippen molar-refractivity contribution in [3.05, 3.63) is 0 Å². The normalized spacial score (nSPS) is 14.3. The fraction of sp³-hybridized carbons (Fsp3) is 0.949. The third kappa shape index (κ3) is 71.1. The number of phosphoric ester groups is 2. The minimum atomic E-state index is -4.96. The van der Waals surface area contributed by atoms with Crippen LogP contribution in [0.5, 0.6) is 0 Å². The summed E-state index contributed by atoms with van der Waals surface area (Å²) in [6.07, 6.45) is 56.7. The van der Waals surface area contributed by atoms with E-state index in [1.807, 2.05) is 0 Å². The molecule has 0 heterocycles. The summed E-state index contributed by atoms with van der Waals surface area (Å²) in [5, 5.41) is 10.6. The van der Waals surface area contributed by atoms with Crippen molar-refractivity contribution in [3.63, 3.8) is 0 Å². The maximum absolute atomic E-state index is 13.1. The predicted octanol–water partition coefficient (Wildman–Crippen LogP) is 23.4. The van der Waals surface area contributed by atoms with Gasteiger partial charge in [-0.2, -0.15) is 0 Å². The molecule has 0 aromatic carbocycles. The van der Waals surface area contributed by atoms with E-state index in [1.165, 1.54) is 218 Å². The van der Waals surface area contributed by atoms with Crippen LogP contribution in [0.1, 0.15) is 408 Å². The molecule has 0 aliphatic carbocycles. The lowest BCUT2D eigenvalue weighted by Gasteiger charge is -2.21. The highest BCUT2D eigenvalue weighted by Gasteiger charge is 2.30. The van der Waals surface area contributed by atoms with Gasteiger partial charge in [0.05, 0.1) is 26.4 Å². The SMILES string of the molecule is CCCCCCCCCCCCCCCCC(=O)O[C@H](COC(=O)CCCCCCCCCCCC(C)C)COP(=O)(O)OC[C@H](O)COP(=O)(O)OC[C@@H](COC(=O)CCCCCCCCCCCCC(C)CC)OC(=O)CCCCCCCCCCCCCCCCCC(C)C. The Balaban J connectivity index is 5.27. The highest BCUT2D eigenvalue weighted by molar-refractivity contribution is 7.47. The summed E-state index contributed by atoms with van der Waals surface area (Å²) < 4.78 is 68.7. The van der Waals surface area contributed by atoms with Crippen LogP contribution >= 0.6 is 15.6 Å². The number of aliphatic hydroxyl groups is 1. The van der Waals surface area contributed by atoms with Gasteiger partial charge in [0.1, 0.15) is 19.3 Å². The molecule has 0 radical (unpaired) electrons. The second kappa shape index (κ2) is 69.4. The van der Waals surface area contributed by atoms with Crippen LogP contribution in [0, 0.1) is 17.8 Å². The molecule has 0 aliphatic heterocycles. The van der Waals surface area contributed by atoms with E-state index in [0.29, 0.717) is 25.7 Å². The smallest absolute Gasteiger partial charge is 0.462 e. The van der Waals surface area contributed by atoms with Crippen molar-refractivity contribution in [1.29, 1.82) is 0 Å². The molecule has 17 nitrogen and oxygen atoms in total. The van der Waals surface area contributed by atoms with E-state index in [0.717, 1.165) is 108 Å². The maximum atomic E-state index is 13.1. The van der Waals surface area contributed by atoms with E-state index in [2.05, 4.69) is 48.5 Å². The fourth-order valence-electron chi connectivity index (χ4n) is 12.1. The number of carbonyl (C=O) groups excluding carboxylic acids is 4. The van der Waals surface area contributed by atoms with Crippen molar-refractivity contribution in [2.75, 3.05) is 39.6 Å². The molecule has 0 bridgehead atoms. The largest absolute Gasteiger partial charge is 0.472 e. The van der Waals surface area contributed by atoms with Gasteiger partial charge < -0.3 is 33.8 Å². The second-order valence-electron chi connectivity index (χ2n) is 29.6. The quantitative estimate of drug-likeness (QED) is 0.0222. The van der Waals surface area contributed by atoms with Crippen LogP contribution in [-0.2, 0) is 65.4 Å². The van der Waals surface area contributed by atoms with E-state index < -0.39 is 97.5 Å². The monoisotopic (exact) mass is 1440 g/mol. The van der Waals surface area contributed by atoms with Gasteiger partial charge in [0.2, 0.25) is 0 Å². The first kappa shape index (κ1) is 96.1. The van der Waals surface area contributed by atoms with Crippen molar-refractivity contribution in [2.24, 2.45) is 17.8 Å². The molecule has 3 N–H and O–H groups in total. The molecular weight excluding hydrogens is 1280 g/mol. The molecule has 98 heavy (non-hydrogen) atoms. The number of hydrogen-bond donors (Lipinski definition) is 3. The fourth-order valence-corrected chi connectivity index (χ4v) is 13.7. The molecule has 0 spiro atoms. The lowest BCUT2D eigenvalue weighted by Crippen LogP contribution is -2.30. The lowest BCUT2D eigenvalue weighted by molar-refractivity contribution is -0.161. The molecular formula is C79H154O17P2. The average molecular weight is 1440 g/mol. The van der Waals surface area contributed by atoms with Gasteiger partial charge in [0, 0.05) is 25.7 Å². The summed E-state index contributed by atoms with van der Waals surface area (Å²) in [7, 11) is -9.92. The third-order valence-corrected chi connectivity index (χ3v) is 20.6. The highest BCUT2D eigenvalue weighted by atomic mass is 31.2. The van der Waals surface area contributed by atoms with Crippen LogP contribution in [0.25, 0.3) is 0 Å². The topological polar surface area (TPSA) is 237 Å². The van der Waals surface area contributed by atoms with E-state index >= 15 is 0 Å². The molecule has 0 amide bonds. The zero-order chi connectivity index (χ0) is 72.3. The van der Waals surface area contributed by atoms with Crippen LogP contribution in [-0.4, -0.2) is 96.7 Å². The van der Waals surface area contributed by atoms with Gasteiger partial charge >= 0.3 is 39.5 Å². The molecule has 3 unspecified atom stereocenters. The first-order chi connectivity index (χ1) is 47.3. The Bertz CT molecular complexity index is 1910. The molecule has 0 aliphatic rings. The molecule has 0 saturated carbocycles. The average Bonchev–Trinajstić information content (AvgIpc) is 1.04. The Hall–Kier alpha value is -1.94. The number of ether oxygens (including phenoxy) is 4. The van der Waals surface area contributed by atoms with Crippen molar-refractivity contribution in [2.45, 2.75) is 426 Å². The summed E-state index contributed by atoms with van der Waals surface area (Å²) in [5.41, 5.74) is 0. The van der Waals surface area contributed by atoms with Gasteiger partial charge in [-0.05, 0) is 43.4 Å². The Morgan fingerprint density at radius 1 is 0.296 bits per heavy atom. The van der Waals surface area contributed by atoms with Crippen LogP contribution < -0.4 is 0 Å². The first-order valence-electron chi connectivity index (χ1n) is 40.9. The Morgan fingerprint density at radius 3 is 0.776 bits per heavy atom. The zero-order valence-electron chi connectivity index (χ0n) is 64.3. The molecule has 582 valence electrons. The van der Waals surface area contributed by atoms with Crippen molar-refractivity contribution in [3.8, 4) is 0 Å². The minimum Gasteiger partial charge on any atom is -0.462 e. The van der Waals surface area contributed by atoms with E-state index in [-0.39, 0.29) is 25.7 Å². The summed E-state index contributed by atoms with van der Waals surface area (Å²) in [4.78, 5) is 73.0. The van der Waals surface area contributed by atoms with E-state index in [9.17, 15) is 43.2 Å². The second-order valence-corrected chi connectivity index (χ2v) is 32.6. The summed E-state index contributed by atoms with van der Waals surface area (Å²) >= 11 is 0. The third-order valence-electron chi connectivity index (χ3n) is 18.7. The molecule has 19 heteroatoms. The molecule has 0 saturated heterocycles. The number of unbranched alkanes of at least 4 members (excludes halogenated alkanes) is 44. The van der Waals surface area contributed by atoms with Crippen LogP contribution in [0.2, 0.25) is 0 Å². The van der Waals surface area contributed by atoms with E-state index in [1.54, 1.807) is 0 Å². The predicted molar refractivity (Wildman–Crippen MR) is 400 cm³/mol. The Kier molecular flexibility index (Phi) is 68.1. The number of esters is 4. The summed E-state index contributed by atoms with van der Waals surface area (Å²) in [6.45, 7) is 12.0. The van der Waals surface area contributed by atoms with Gasteiger partial charge in [-0.15, -0.1) is 0 Å². The van der Waals surface area contributed by atoms with Gasteiger partial charge in [0.25, 0.3) is 0 Å². The lowest BCUT2D eigenvalue weighted by atomic mass is 9.99. The molecule has 0 rings (SSSR count). The standard InChI is InChI=1S/C79H154O17P2/c1-8-10-11-12-13-14-15-16-21-24-33-41-48-55-62-78(83)96-75(67-90-77(82)61-54-47-40-35-28-30-37-44-51-58-71(5)6)69-94-98(87,88)92-65-73(80)64-91-97(85,86)93-68-74(66-89-76(81)60-53-46-39-32-27-26-31-38-45-52-59-72(7)9-2)95-79(84)63-56-49-42-34-25-22-19-17-18-20-23-29-36-43-50-57-70(3)4/h70-75,80H,8-69H2,1-7H3,(H,85,86)(H,87,88)/t72?,73-,74-,75-/m1/s1. The number of aliphatic hydroxyl groups excluding tert-OH is 1. The number of rotatable bonds is 77. The molecule has 0 aromatic rings. The number of phosphoric acid groups is 2. The zero-order valence-corrected chi connectivity index (χ0v) is 66.0. The van der Waals surface area contributed by atoms with Gasteiger partial charge in [-0.3, -0.25) is 37.3 Å². The van der Waals surface area contributed by atoms with Crippen LogP contribution in [0.15, 0.2) is 0 Å². The first-order valence-corrected chi connectivity index (χ1v) is 43.9. The summed E-state index contributed by atoms with van der Waals surface area (Å²) in [6, 6.07) is 0. The highest BCUT2D eigenvalue weighted by Crippen LogP contribution is 2.45. The van der Waals surface area contributed by atoms with Crippen molar-refractivity contribution in [1.82, 2.24) is 0 Å². The molecule has 0 aromatic heterocycles. The molecule has 6 atom stereocenters. The van der Waals surface area contributed by atoms with Gasteiger partial charge in [0.15, 0.2) is 12.2 Å².